The summed E-state index contributed by atoms with van der Waals surface area (Å²) < 4.78 is 29.5. The first-order valence-corrected chi connectivity index (χ1v) is 7.73. The highest BCUT2D eigenvalue weighted by molar-refractivity contribution is 5.80. The van der Waals surface area contributed by atoms with Crippen molar-refractivity contribution < 1.29 is 18.3 Å². The second kappa shape index (κ2) is 10.4. The number of guanidine groups is 1. The van der Waals surface area contributed by atoms with Gasteiger partial charge in [0, 0.05) is 32.1 Å². The van der Waals surface area contributed by atoms with Crippen molar-refractivity contribution in [1.29, 1.82) is 0 Å². The number of alkyl halides is 2. The number of carbonyl (C=O) groups is 1. The topological polar surface area (TPSA) is 74.8 Å². The van der Waals surface area contributed by atoms with E-state index >= 15 is 0 Å². The Kier molecular flexibility index (Phi) is 8.53. The molecular weight excluding hydrogens is 318 g/mol. The highest BCUT2D eigenvalue weighted by atomic mass is 19.3. The van der Waals surface area contributed by atoms with Gasteiger partial charge in [-0.15, -0.1) is 0 Å². The molecule has 0 bridgehead atoms. The molecule has 0 aliphatic carbocycles. The van der Waals surface area contributed by atoms with Crippen molar-refractivity contribution >= 4 is 11.9 Å². The lowest BCUT2D eigenvalue weighted by molar-refractivity contribution is -0.118. The lowest BCUT2D eigenvalue weighted by Gasteiger charge is -2.13. The number of hydrogen-bond acceptors (Lipinski definition) is 3. The Bertz CT molecular complexity index is 565. The maximum atomic E-state index is 12.5. The molecule has 24 heavy (non-hydrogen) atoms. The number of benzene rings is 1. The van der Waals surface area contributed by atoms with Crippen LogP contribution in [0.15, 0.2) is 23.2 Å². The molecule has 0 atom stereocenters. The summed E-state index contributed by atoms with van der Waals surface area (Å²) in [5.74, 6) is 0.549. The summed E-state index contributed by atoms with van der Waals surface area (Å²) in [6.07, 6.45) is 0. The van der Waals surface area contributed by atoms with Crippen LogP contribution < -0.4 is 20.7 Å². The van der Waals surface area contributed by atoms with Gasteiger partial charge in [-0.3, -0.25) is 4.79 Å². The van der Waals surface area contributed by atoms with Gasteiger partial charge in [0.25, 0.3) is 0 Å². The zero-order valence-corrected chi connectivity index (χ0v) is 14.2. The molecule has 0 spiro atoms. The maximum absolute atomic E-state index is 12.5. The molecule has 8 heteroatoms. The summed E-state index contributed by atoms with van der Waals surface area (Å²) in [5.41, 5.74) is 1.51. The van der Waals surface area contributed by atoms with Crippen LogP contribution >= 0.6 is 0 Å². The van der Waals surface area contributed by atoms with Crippen molar-refractivity contribution in [2.45, 2.75) is 33.9 Å². The zero-order valence-electron chi connectivity index (χ0n) is 14.2. The van der Waals surface area contributed by atoms with Crippen LogP contribution in [0, 0.1) is 6.92 Å². The van der Waals surface area contributed by atoms with Crippen molar-refractivity contribution in [3.8, 4) is 5.75 Å². The fourth-order valence-electron chi connectivity index (χ4n) is 1.97. The number of halogens is 2. The van der Waals surface area contributed by atoms with Crippen LogP contribution in [0.25, 0.3) is 0 Å². The number of hydrogen-bond donors (Lipinski definition) is 3. The van der Waals surface area contributed by atoms with E-state index in [4.69, 9.17) is 0 Å². The number of rotatable bonds is 8. The van der Waals surface area contributed by atoms with Gasteiger partial charge < -0.3 is 20.7 Å². The first kappa shape index (κ1) is 19.7. The standard InChI is InChI=1S/C16H24F2N4O2/c1-4-19-16(21-8-7-20-12(3)23)22-10-13-9-11(2)5-6-14(13)24-15(17)18/h5-6,9,15H,4,7-8,10H2,1-3H3,(H,20,23)(H2,19,21,22). The summed E-state index contributed by atoms with van der Waals surface area (Å²) in [7, 11) is 0. The minimum atomic E-state index is -2.88. The molecule has 1 aromatic rings. The molecule has 0 fully saturated rings. The van der Waals surface area contributed by atoms with Gasteiger partial charge >= 0.3 is 6.61 Å². The predicted octanol–water partition coefficient (Wildman–Crippen LogP) is 1.79. The molecule has 1 rings (SSSR count). The third-order valence-corrected chi connectivity index (χ3v) is 2.98. The Hall–Kier alpha value is -2.38. The van der Waals surface area contributed by atoms with Crippen LogP contribution in [-0.4, -0.2) is 38.1 Å². The van der Waals surface area contributed by atoms with E-state index in [2.05, 4.69) is 25.7 Å². The molecule has 134 valence electrons. The fraction of sp³-hybridized carbons (Fsp3) is 0.500. The molecule has 3 N–H and O–H groups in total. The average molecular weight is 342 g/mol. The largest absolute Gasteiger partial charge is 0.434 e. The van der Waals surface area contributed by atoms with Gasteiger partial charge in [-0.25, -0.2) is 4.99 Å². The Morgan fingerprint density at radius 1 is 1.25 bits per heavy atom. The van der Waals surface area contributed by atoms with Gasteiger partial charge in [0.2, 0.25) is 5.91 Å². The van der Waals surface area contributed by atoms with E-state index in [0.717, 1.165) is 5.56 Å². The summed E-state index contributed by atoms with van der Waals surface area (Å²) >= 11 is 0. The summed E-state index contributed by atoms with van der Waals surface area (Å²) in [4.78, 5) is 15.2. The number of ether oxygens (including phenoxy) is 1. The normalized spacial score (nSPS) is 11.3. The second-order valence-electron chi connectivity index (χ2n) is 5.09. The first-order chi connectivity index (χ1) is 11.4. The Morgan fingerprint density at radius 3 is 2.58 bits per heavy atom. The molecule has 0 aromatic heterocycles. The summed E-state index contributed by atoms with van der Waals surface area (Å²) in [5, 5.41) is 8.78. The highest BCUT2D eigenvalue weighted by Gasteiger charge is 2.10. The third-order valence-electron chi connectivity index (χ3n) is 2.98. The third kappa shape index (κ3) is 7.75. The SMILES string of the molecule is CCNC(=NCc1cc(C)ccc1OC(F)F)NCCNC(C)=O. The molecule has 0 saturated carbocycles. The van der Waals surface area contributed by atoms with Gasteiger partial charge in [0.05, 0.1) is 6.54 Å². The Labute approximate surface area is 140 Å². The van der Waals surface area contributed by atoms with Crippen LogP contribution in [0.5, 0.6) is 5.75 Å². The van der Waals surface area contributed by atoms with Gasteiger partial charge in [0.15, 0.2) is 5.96 Å². The number of aliphatic imine (C=N–C) groups is 1. The summed E-state index contributed by atoms with van der Waals surface area (Å²) in [6, 6.07) is 4.99. The van der Waals surface area contributed by atoms with Crippen LogP contribution in [-0.2, 0) is 11.3 Å². The Morgan fingerprint density at radius 2 is 1.96 bits per heavy atom. The summed E-state index contributed by atoms with van der Waals surface area (Å²) in [6.45, 7) is 4.17. The molecule has 0 aliphatic rings. The van der Waals surface area contributed by atoms with Gasteiger partial charge in [-0.1, -0.05) is 17.7 Å². The molecule has 0 heterocycles. The van der Waals surface area contributed by atoms with Crippen molar-refractivity contribution in [2.75, 3.05) is 19.6 Å². The van der Waals surface area contributed by atoms with Crippen LogP contribution in [0.1, 0.15) is 25.0 Å². The van der Waals surface area contributed by atoms with Gasteiger partial charge in [-0.05, 0) is 19.9 Å². The number of nitrogens with one attached hydrogen (secondary N) is 3. The van der Waals surface area contributed by atoms with Crippen LogP contribution in [0.2, 0.25) is 0 Å². The van der Waals surface area contributed by atoms with E-state index in [9.17, 15) is 13.6 Å². The van der Waals surface area contributed by atoms with Crippen molar-refractivity contribution in [1.82, 2.24) is 16.0 Å². The quantitative estimate of drug-likeness (QED) is 0.382. The van der Waals surface area contributed by atoms with E-state index in [1.54, 1.807) is 12.1 Å². The average Bonchev–Trinajstić information content (AvgIpc) is 2.50. The van der Waals surface area contributed by atoms with E-state index in [0.29, 0.717) is 31.2 Å². The monoisotopic (exact) mass is 342 g/mol. The zero-order chi connectivity index (χ0) is 17.9. The molecule has 0 radical (unpaired) electrons. The molecule has 0 unspecified atom stereocenters. The molecule has 6 nitrogen and oxygen atoms in total. The van der Waals surface area contributed by atoms with Crippen molar-refractivity contribution in [3.63, 3.8) is 0 Å². The van der Waals surface area contributed by atoms with Crippen molar-refractivity contribution in [3.05, 3.63) is 29.3 Å². The second-order valence-corrected chi connectivity index (χ2v) is 5.09. The van der Waals surface area contributed by atoms with Gasteiger partial charge in [0.1, 0.15) is 5.75 Å². The fourth-order valence-corrected chi connectivity index (χ4v) is 1.97. The van der Waals surface area contributed by atoms with Crippen LogP contribution in [0.3, 0.4) is 0 Å². The minimum absolute atomic E-state index is 0.104. The van der Waals surface area contributed by atoms with E-state index < -0.39 is 6.61 Å². The molecule has 1 aromatic carbocycles. The van der Waals surface area contributed by atoms with Gasteiger partial charge in [-0.2, -0.15) is 8.78 Å². The maximum Gasteiger partial charge on any atom is 0.387 e. The van der Waals surface area contributed by atoms with Crippen molar-refractivity contribution in [2.24, 2.45) is 4.99 Å². The van der Waals surface area contributed by atoms with E-state index in [1.165, 1.54) is 13.0 Å². The molecule has 0 saturated heterocycles. The lowest BCUT2D eigenvalue weighted by atomic mass is 10.1. The lowest BCUT2D eigenvalue weighted by Crippen LogP contribution is -2.41. The van der Waals surface area contributed by atoms with Crippen LogP contribution in [0.4, 0.5) is 8.78 Å². The number of nitrogens with zero attached hydrogens (tertiary/aromatic N) is 1. The number of amides is 1. The predicted molar refractivity (Wildman–Crippen MR) is 89.3 cm³/mol. The smallest absolute Gasteiger partial charge is 0.387 e. The Balaban J connectivity index is 2.73. The minimum Gasteiger partial charge on any atom is -0.434 e. The first-order valence-electron chi connectivity index (χ1n) is 7.73. The number of carbonyl (C=O) groups excluding carboxylic acids is 1. The highest BCUT2D eigenvalue weighted by Crippen LogP contribution is 2.22. The molecule has 1 amide bonds. The molecular formula is C16H24F2N4O2. The number of aryl methyl sites for hydroxylation is 1. The van der Waals surface area contributed by atoms with E-state index in [-0.39, 0.29) is 18.2 Å². The molecule has 0 aliphatic heterocycles. The van der Waals surface area contributed by atoms with E-state index in [1.807, 2.05) is 13.8 Å².